The van der Waals surface area contributed by atoms with E-state index in [4.69, 9.17) is 5.11 Å². The maximum atomic E-state index is 12.6. The summed E-state index contributed by atoms with van der Waals surface area (Å²) in [5.74, 6) is -1.03. The molecule has 0 bridgehead atoms. The Hall–Kier alpha value is -3.01. The molecule has 10 heteroatoms. The minimum absolute atomic E-state index is 0.158. The molecule has 1 aliphatic heterocycles. The number of urea groups is 1. The van der Waals surface area contributed by atoms with E-state index in [-0.39, 0.29) is 10.9 Å². The van der Waals surface area contributed by atoms with Crippen molar-refractivity contribution in [1.29, 1.82) is 0 Å². The molecule has 4 rings (SSSR count). The Morgan fingerprint density at radius 1 is 1.32 bits per heavy atom. The molecular weight excluding hydrogens is 346 g/mol. The van der Waals surface area contributed by atoms with E-state index in [2.05, 4.69) is 19.9 Å². The number of carboxylic acids is 1. The van der Waals surface area contributed by atoms with Crippen LogP contribution < -0.4 is 4.90 Å². The van der Waals surface area contributed by atoms with Gasteiger partial charge in [-0.05, 0) is 34.9 Å². The molecule has 2 amide bonds. The van der Waals surface area contributed by atoms with E-state index < -0.39 is 5.97 Å². The zero-order chi connectivity index (χ0) is 17.6. The zero-order valence-corrected chi connectivity index (χ0v) is 14.0. The highest BCUT2D eigenvalue weighted by molar-refractivity contribution is 7.17. The van der Waals surface area contributed by atoms with Crippen LogP contribution in [0.1, 0.15) is 20.9 Å². The third-order valence-corrected chi connectivity index (χ3v) is 5.17. The van der Waals surface area contributed by atoms with Gasteiger partial charge in [-0.15, -0.1) is 0 Å². The van der Waals surface area contributed by atoms with E-state index in [9.17, 15) is 9.59 Å². The quantitative estimate of drug-likeness (QED) is 0.759. The van der Waals surface area contributed by atoms with Crippen LogP contribution in [0.5, 0.6) is 0 Å². The van der Waals surface area contributed by atoms with Gasteiger partial charge in [0.05, 0.1) is 5.69 Å². The first kappa shape index (κ1) is 15.5. The van der Waals surface area contributed by atoms with Crippen LogP contribution in [0.25, 0.3) is 11.0 Å². The van der Waals surface area contributed by atoms with Gasteiger partial charge >= 0.3 is 12.0 Å². The number of fused-ring (bicyclic) bond motifs is 1. The molecule has 1 saturated heterocycles. The van der Waals surface area contributed by atoms with Crippen molar-refractivity contribution in [1.82, 2.24) is 20.2 Å². The molecule has 0 atom stereocenters. The van der Waals surface area contributed by atoms with E-state index in [1.165, 1.54) is 4.90 Å². The summed E-state index contributed by atoms with van der Waals surface area (Å²) in [5, 5.41) is 17.1. The van der Waals surface area contributed by atoms with Crippen LogP contribution in [0.4, 0.5) is 9.93 Å². The van der Waals surface area contributed by atoms with Crippen molar-refractivity contribution in [2.45, 2.75) is 13.5 Å². The second-order valence-electron chi connectivity index (χ2n) is 5.66. The molecule has 1 N–H and O–H groups in total. The number of carbonyl (C=O) groups excluding carboxylic acids is 1. The monoisotopic (exact) mass is 359 g/mol. The van der Waals surface area contributed by atoms with Crippen LogP contribution in [0.3, 0.4) is 0 Å². The molecular formula is C15H13N5O4S. The van der Waals surface area contributed by atoms with Crippen molar-refractivity contribution >= 4 is 39.5 Å². The van der Waals surface area contributed by atoms with Gasteiger partial charge in [0, 0.05) is 19.6 Å². The number of thiazole rings is 1. The van der Waals surface area contributed by atoms with E-state index >= 15 is 0 Å². The minimum Gasteiger partial charge on any atom is -0.477 e. The van der Waals surface area contributed by atoms with Crippen molar-refractivity contribution in [3.8, 4) is 0 Å². The molecule has 1 aromatic carbocycles. The molecule has 0 unspecified atom stereocenters. The number of benzene rings is 1. The largest absolute Gasteiger partial charge is 0.477 e. The second kappa shape index (κ2) is 5.81. The lowest BCUT2D eigenvalue weighted by Gasteiger charge is -2.16. The molecule has 3 aromatic rings. The normalized spacial score (nSPS) is 14.7. The first-order valence-electron chi connectivity index (χ1n) is 7.51. The fraction of sp³-hybridized carbons (Fsp3) is 0.267. The number of nitrogens with zero attached hydrogens (tertiary/aromatic N) is 5. The average molecular weight is 359 g/mol. The third kappa shape index (κ3) is 2.70. The summed E-state index contributed by atoms with van der Waals surface area (Å²) in [6, 6.07) is 5.31. The topological polar surface area (TPSA) is 113 Å². The number of hydrogen-bond acceptors (Lipinski definition) is 7. The summed E-state index contributed by atoms with van der Waals surface area (Å²) in [7, 11) is 0. The molecule has 0 radical (unpaired) electrons. The Labute approximate surface area is 145 Å². The van der Waals surface area contributed by atoms with Gasteiger partial charge in [-0.2, -0.15) is 0 Å². The van der Waals surface area contributed by atoms with Gasteiger partial charge in [-0.25, -0.2) is 19.2 Å². The first-order chi connectivity index (χ1) is 12.0. The van der Waals surface area contributed by atoms with Gasteiger partial charge in [0.25, 0.3) is 0 Å². The smallest absolute Gasteiger partial charge is 0.347 e. The Balaban J connectivity index is 1.53. The number of amides is 2. The molecule has 2 aromatic heterocycles. The first-order valence-corrected chi connectivity index (χ1v) is 8.33. The Morgan fingerprint density at radius 2 is 2.12 bits per heavy atom. The molecule has 1 fully saturated rings. The lowest BCUT2D eigenvalue weighted by atomic mass is 10.2. The number of rotatable bonds is 4. The molecule has 9 nitrogen and oxygen atoms in total. The summed E-state index contributed by atoms with van der Waals surface area (Å²) in [6.45, 7) is 3.06. The summed E-state index contributed by atoms with van der Waals surface area (Å²) < 4.78 is 4.68. The van der Waals surface area contributed by atoms with Crippen LogP contribution in [0, 0.1) is 6.92 Å². The summed E-state index contributed by atoms with van der Waals surface area (Å²) in [6.07, 6.45) is 0. The van der Waals surface area contributed by atoms with Crippen molar-refractivity contribution in [3.63, 3.8) is 0 Å². The Morgan fingerprint density at radius 3 is 2.88 bits per heavy atom. The zero-order valence-electron chi connectivity index (χ0n) is 13.2. The summed E-state index contributed by atoms with van der Waals surface area (Å²) in [5.41, 5.74) is 2.64. The minimum atomic E-state index is -1.03. The number of anilines is 1. The number of aryl methyl sites for hydroxylation is 1. The number of aromatic nitrogens is 3. The molecule has 0 spiro atoms. The molecule has 0 saturated carbocycles. The highest BCUT2D eigenvalue weighted by atomic mass is 32.1. The van der Waals surface area contributed by atoms with Crippen molar-refractivity contribution in [2.75, 3.05) is 18.0 Å². The van der Waals surface area contributed by atoms with Crippen LogP contribution in [-0.2, 0) is 6.54 Å². The second-order valence-corrected chi connectivity index (χ2v) is 6.64. The van der Waals surface area contributed by atoms with Gasteiger partial charge in [-0.3, -0.25) is 4.90 Å². The van der Waals surface area contributed by atoms with E-state index in [1.807, 2.05) is 12.1 Å². The van der Waals surface area contributed by atoms with E-state index in [0.29, 0.717) is 41.5 Å². The van der Waals surface area contributed by atoms with Gasteiger partial charge in [0.1, 0.15) is 15.9 Å². The van der Waals surface area contributed by atoms with Gasteiger partial charge < -0.3 is 10.0 Å². The molecule has 3 heterocycles. The maximum absolute atomic E-state index is 12.6. The average Bonchev–Trinajstić information content (AvgIpc) is 3.27. The van der Waals surface area contributed by atoms with E-state index in [1.54, 1.807) is 17.9 Å². The van der Waals surface area contributed by atoms with Crippen LogP contribution in [0.2, 0.25) is 0 Å². The SMILES string of the molecule is Cc1nc(N2CCN(Cc3ccc4nonc4c3)C2=O)sc1C(=O)O. The van der Waals surface area contributed by atoms with Crippen molar-refractivity contribution in [2.24, 2.45) is 0 Å². The lowest BCUT2D eigenvalue weighted by Crippen LogP contribution is -2.31. The highest BCUT2D eigenvalue weighted by Gasteiger charge is 2.32. The Kier molecular flexibility index (Phi) is 3.61. The van der Waals surface area contributed by atoms with Gasteiger partial charge in [0.2, 0.25) is 0 Å². The maximum Gasteiger partial charge on any atom is 0.347 e. The van der Waals surface area contributed by atoms with Gasteiger partial charge in [-0.1, -0.05) is 17.4 Å². The van der Waals surface area contributed by atoms with Crippen molar-refractivity contribution in [3.05, 3.63) is 34.3 Å². The Bertz CT molecular complexity index is 981. The van der Waals surface area contributed by atoms with Crippen LogP contribution >= 0.6 is 11.3 Å². The van der Waals surface area contributed by atoms with Crippen LogP contribution in [0.15, 0.2) is 22.8 Å². The number of hydrogen-bond donors (Lipinski definition) is 1. The third-order valence-electron chi connectivity index (χ3n) is 4.00. The predicted molar refractivity (Wildman–Crippen MR) is 88.8 cm³/mol. The summed E-state index contributed by atoms with van der Waals surface area (Å²) in [4.78, 5) is 31.4. The standard InChI is InChI=1S/C15H13N5O4S/c1-8-12(13(21)22)25-14(16-8)20-5-4-19(15(20)23)7-9-2-3-10-11(6-9)18-24-17-10/h2-3,6H,4-5,7H2,1H3,(H,21,22). The van der Waals surface area contributed by atoms with Gasteiger partial charge in [0.15, 0.2) is 5.13 Å². The van der Waals surface area contributed by atoms with Crippen LogP contribution in [-0.4, -0.2) is 50.4 Å². The molecule has 0 aliphatic carbocycles. The molecule has 1 aliphatic rings. The molecule has 25 heavy (non-hydrogen) atoms. The summed E-state index contributed by atoms with van der Waals surface area (Å²) >= 11 is 1.02. The fourth-order valence-electron chi connectivity index (χ4n) is 2.75. The highest BCUT2D eigenvalue weighted by Crippen LogP contribution is 2.29. The molecule has 128 valence electrons. The number of carbonyl (C=O) groups is 2. The fourth-order valence-corrected chi connectivity index (χ4v) is 3.67. The lowest BCUT2D eigenvalue weighted by molar-refractivity contribution is 0.0701. The van der Waals surface area contributed by atoms with Crippen molar-refractivity contribution < 1.29 is 19.3 Å². The number of carboxylic acid groups (broad SMARTS) is 1. The van der Waals surface area contributed by atoms with E-state index in [0.717, 1.165) is 16.9 Å². The number of aromatic carboxylic acids is 1. The predicted octanol–water partition coefficient (Wildman–Crippen LogP) is 2.13.